The minimum absolute atomic E-state index is 0. The van der Waals surface area contributed by atoms with Crippen molar-refractivity contribution in [3.63, 3.8) is 0 Å². The van der Waals surface area contributed by atoms with E-state index in [1.165, 1.54) is 50.7 Å². The molecule has 19 heavy (non-hydrogen) atoms. The molecule has 5 saturated carbocycles. The van der Waals surface area contributed by atoms with Gasteiger partial charge in [0.2, 0.25) is 11.8 Å². The maximum atomic E-state index is 10.7. The number of halogens is 1. The maximum absolute atomic E-state index is 10.7. The van der Waals surface area contributed by atoms with E-state index in [1.807, 2.05) is 6.08 Å². The third-order valence-electron chi connectivity index (χ3n) is 5.87. The Bertz CT molecular complexity index is 383. The molecule has 5 fully saturated rings. The molecule has 0 heterocycles. The minimum atomic E-state index is 0. The van der Waals surface area contributed by atoms with E-state index in [2.05, 4.69) is 6.58 Å². The Hall–Kier alpha value is -0.500. The van der Waals surface area contributed by atoms with Crippen molar-refractivity contribution in [1.29, 1.82) is 0 Å². The molecule has 2 nitrogen and oxygen atoms in total. The van der Waals surface area contributed by atoms with Crippen LogP contribution in [-0.4, -0.2) is 21.7 Å². The van der Waals surface area contributed by atoms with Crippen LogP contribution in [0.5, 0.6) is 0 Å². The molecule has 5 rings (SSSR count). The molecule has 1 unspecified atom stereocenters. The Morgan fingerprint density at radius 3 is 2.00 bits per heavy atom. The van der Waals surface area contributed by atoms with Crippen LogP contribution < -0.4 is 12.4 Å². The quantitative estimate of drug-likeness (QED) is 0.341. The van der Waals surface area contributed by atoms with Gasteiger partial charge >= 0.3 is 0 Å². The summed E-state index contributed by atoms with van der Waals surface area (Å²) in [7, 11) is 0. The summed E-state index contributed by atoms with van der Waals surface area (Å²) >= 11 is 0. The number of hydroxylamine groups is 1. The first-order chi connectivity index (χ1) is 8.76. The lowest BCUT2D eigenvalue weighted by Crippen LogP contribution is -3.00. The van der Waals surface area contributed by atoms with Gasteiger partial charge in [0.25, 0.3) is 0 Å². The van der Waals surface area contributed by atoms with Crippen LogP contribution in [0.2, 0.25) is 0 Å². The highest BCUT2D eigenvalue weighted by molar-refractivity contribution is 5.86. The van der Waals surface area contributed by atoms with Gasteiger partial charge in [-0.05, 0) is 67.6 Å². The monoisotopic (exact) mass is 281 g/mol. The van der Waals surface area contributed by atoms with E-state index in [4.69, 9.17) is 0 Å². The van der Waals surface area contributed by atoms with E-state index in [1.54, 1.807) is 4.74 Å². The van der Waals surface area contributed by atoms with Crippen molar-refractivity contribution < 1.29 is 22.4 Å². The van der Waals surface area contributed by atoms with Crippen LogP contribution in [0.3, 0.4) is 0 Å². The molecule has 1 N–H and O–H groups in total. The molecule has 0 amide bonds. The predicted molar refractivity (Wildman–Crippen MR) is 70.8 cm³/mol. The van der Waals surface area contributed by atoms with Crippen molar-refractivity contribution in [2.24, 2.45) is 29.6 Å². The van der Waals surface area contributed by atoms with Gasteiger partial charge in [-0.2, -0.15) is 0 Å². The summed E-state index contributed by atoms with van der Waals surface area (Å²) in [5, 5.41) is 10.7. The Balaban J connectivity index is 0.00000110. The summed E-state index contributed by atoms with van der Waals surface area (Å²) in [6, 6.07) is 0.192. The Labute approximate surface area is 122 Å². The minimum Gasteiger partial charge on any atom is -1.00 e. The Morgan fingerprint density at radius 1 is 1.05 bits per heavy atom. The van der Waals surface area contributed by atoms with E-state index in [-0.39, 0.29) is 18.4 Å². The van der Waals surface area contributed by atoms with Crippen LogP contribution in [-0.2, 0) is 0 Å². The highest BCUT2D eigenvalue weighted by atomic mass is 35.5. The van der Waals surface area contributed by atoms with E-state index in [0.717, 1.165) is 11.8 Å². The lowest BCUT2D eigenvalue weighted by Gasteiger charge is -2.48. The number of nitrogens with zero attached hydrogens (tertiary/aromatic N) is 1. The average Bonchev–Trinajstić information content (AvgIpc) is 3.13. The van der Waals surface area contributed by atoms with Gasteiger partial charge in [0, 0.05) is 17.8 Å². The first-order valence-electron chi connectivity index (χ1n) is 7.73. The molecule has 106 valence electrons. The lowest BCUT2D eigenvalue weighted by atomic mass is 9.55. The molecule has 1 atom stereocenters. The van der Waals surface area contributed by atoms with E-state index in [0.29, 0.717) is 17.8 Å². The third-order valence-corrected chi connectivity index (χ3v) is 5.87. The third kappa shape index (κ3) is 2.12. The summed E-state index contributed by atoms with van der Waals surface area (Å²) in [5.41, 5.74) is 1.39. The van der Waals surface area contributed by atoms with Crippen LogP contribution in [0.4, 0.5) is 0 Å². The molecular weight excluding hydrogens is 258 g/mol. The van der Waals surface area contributed by atoms with Gasteiger partial charge in [0.15, 0.2) is 0 Å². The fraction of sp³-hybridized carbons (Fsp3) is 0.812. The van der Waals surface area contributed by atoms with Gasteiger partial charge in [-0.1, -0.05) is 6.58 Å². The molecule has 5 aliphatic rings. The zero-order valence-corrected chi connectivity index (χ0v) is 12.2. The molecule has 4 bridgehead atoms. The van der Waals surface area contributed by atoms with Crippen LogP contribution in [0.1, 0.15) is 44.9 Å². The van der Waals surface area contributed by atoms with Crippen molar-refractivity contribution in [3.05, 3.63) is 12.7 Å². The fourth-order valence-corrected chi connectivity index (χ4v) is 5.14. The highest BCUT2D eigenvalue weighted by Crippen LogP contribution is 2.52. The van der Waals surface area contributed by atoms with Crippen molar-refractivity contribution in [2.75, 3.05) is 0 Å². The molecule has 5 aliphatic carbocycles. The van der Waals surface area contributed by atoms with Crippen molar-refractivity contribution in [2.45, 2.75) is 51.0 Å². The van der Waals surface area contributed by atoms with E-state index in [9.17, 15) is 5.21 Å². The highest BCUT2D eigenvalue weighted by Gasteiger charge is 2.52. The van der Waals surface area contributed by atoms with Crippen LogP contribution >= 0.6 is 0 Å². The summed E-state index contributed by atoms with van der Waals surface area (Å²) < 4.78 is 1.66. The van der Waals surface area contributed by atoms with E-state index < -0.39 is 0 Å². The number of hydrogen-bond acceptors (Lipinski definition) is 1. The van der Waals surface area contributed by atoms with Gasteiger partial charge < -0.3 is 12.4 Å². The maximum Gasteiger partial charge on any atom is 0.222 e. The lowest BCUT2D eigenvalue weighted by molar-refractivity contribution is -0.797. The predicted octanol–water partition coefficient (Wildman–Crippen LogP) is 0.254. The second-order valence-electron chi connectivity index (χ2n) is 7.14. The summed E-state index contributed by atoms with van der Waals surface area (Å²) in [6.07, 6.45) is 11.3. The smallest absolute Gasteiger partial charge is 0.222 e. The van der Waals surface area contributed by atoms with Crippen molar-refractivity contribution in [3.8, 4) is 0 Å². The zero-order chi connectivity index (χ0) is 12.3. The normalized spacial score (nSPS) is 40.7. The second kappa shape index (κ2) is 4.80. The first kappa shape index (κ1) is 13.5. The van der Waals surface area contributed by atoms with Gasteiger partial charge in [-0.25, -0.2) is 0 Å². The second-order valence-corrected chi connectivity index (χ2v) is 7.14. The average molecular weight is 282 g/mol. The zero-order valence-electron chi connectivity index (χ0n) is 11.5. The summed E-state index contributed by atoms with van der Waals surface area (Å²) in [4.78, 5) is 0. The molecule has 0 saturated heterocycles. The molecule has 0 spiro atoms. The molecular formula is C16H24ClNO. The number of hydrogen-bond donors (Lipinski definition) is 1. The number of rotatable bonds is 3. The van der Waals surface area contributed by atoms with Gasteiger partial charge in [0.1, 0.15) is 0 Å². The largest absolute Gasteiger partial charge is 1.00 e. The van der Waals surface area contributed by atoms with Crippen molar-refractivity contribution in [1.82, 2.24) is 0 Å². The summed E-state index contributed by atoms with van der Waals surface area (Å²) in [6.45, 7) is 3.94. The summed E-state index contributed by atoms with van der Waals surface area (Å²) in [5.74, 6) is 3.97. The molecule has 0 aromatic heterocycles. The van der Waals surface area contributed by atoms with Crippen LogP contribution in [0.15, 0.2) is 12.7 Å². The molecule has 0 radical (unpaired) electrons. The van der Waals surface area contributed by atoms with Gasteiger partial charge in [0.05, 0.1) is 0 Å². The topological polar surface area (TPSA) is 23.2 Å². The Kier molecular flexibility index (Phi) is 3.41. The fourth-order valence-electron chi connectivity index (χ4n) is 5.14. The molecule has 0 aromatic rings. The van der Waals surface area contributed by atoms with E-state index >= 15 is 0 Å². The molecule has 0 aromatic carbocycles. The van der Waals surface area contributed by atoms with Crippen LogP contribution in [0.25, 0.3) is 0 Å². The first-order valence-corrected chi connectivity index (χ1v) is 7.73. The van der Waals surface area contributed by atoms with Gasteiger partial charge in [-0.3, -0.25) is 5.21 Å². The SMILES string of the molecule is C=CC(C1CC1)[N+](O)=C1C2CC3CC(C2)CC1C3.[Cl-]. The van der Waals surface area contributed by atoms with Crippen molar-refractivity contribution >= 4 is 5.71 Å². The molecule has 3 heteroatoms. The van der Waals surface area contributed by atoms with Crippen LogP contribution in [0, 0.1) is 29.6 Å². The Morgan fingerprint density at radius 2 is 1.58 bits per heavy atom. The standard InChI is InChI=1S/C16H24NO.ClH/c1-2-15(12-3-4-12)17(18)16-13-6-10-5-11(8-13)9-14(16)7-10;/h2,10-15,18H,1,3-9H2;1H/q+1;/p-1. The molecule has 0 aliphatic heterocycles. The van der Waals surface area contributed by atoms with Gasteiger partial charge in [-0.15, -0.1) is 0 Å².